The summed E-state index contributed by atoms with van der Waals surface area (Å²) in [7, 11) is 0. The monoisotopic (exact) mass is 332 g/mol. The zero-order valence-electron chi connectivity index (χ0n) is 10.2. The minimum absolute atomic E-state index is 0.462. The van der Waals surface area contributed by atoms with Crippen molar-refractivity contribution in [2.75, 3.05) is 0 Å². The van der Waals surface area contributed by atoms with Gasteiger partial charge in [-0.15, -0.1) is 11.3 Å². The van der Waals surface area contributed by atoms with E-state index >= 15 is 0 Å². The highest BCUT2D eigenvalue weighted by molar-refractivity contribution is 9.10. The zero-order valence-corrected chi connectivity index (χ0v) is 12.6. The molecule has 3 rings (SSSR count). The van der Waals surface area contributed by atoms with Gasteiger partial charge in [-0.1, -0.05) is 46.3 Å². The summed E-state index contributed by atoms with van der Waals surface area (Å²) < 4.78 is 2.28. The van der Waals surface area contributed by atoms with Gasteiger partial charge in [0.1, 0.15) is 0 Å². The van der Waals surface area contributed by atoms with Crippen molar-refractivity contribution >= 4 is 37.4 Å². The van der Waals surface area contributed by atoms with E-state index in [1.165, 1.54) is 15.6 Å². The fourth-order valence-corrected chi connectivity index (χ4v) is 3.62. The van der Waals surface area contributed by atoms with E-state index < -0.39 is 6.10 Å². The van der Waals surface area contributed by atoms with Crippen LogP contribution in [0.3, 0.4) is 0 Å². The first-order valence-electron chi connectivity index (χ1n) is 6.12. The predicted octanol–water partition coefficient (Wildman–Crippen LogP) is 4.94. The van der Waals surface area contributed by atoms with Gasteiger partial charge in [-0.3, -0.25) is 0 Å². The Labute approximate surface area is 124 Å². The van der Waals surface area contributed by atoms with Gasteiger partial charge in [0.15, 0.2) is 0 Å². The molecule has 0 aliphatic carbocycles. The van der Waals surface area contributed by atoms with E-state index in [9.17, 15) is 5.11 Å². The molecule has 1 heterocycles. The normalized spacial score (nSPS) is 12.7. The molecule has 96 valence electrons. The summed E-state index contributed by atoms with van der Waals surface area (Å²) in [6.45, 7) is 0. The molecule has 0 saturated carbocycles. The number of fused-ring (bicyclic) bond motifs is 1. The van der Waals surface area contributed by atoms with E-state index in [4.69, 9.17) is 0 Å². The third-order valence-electron chi connectivity index (χ3n) is 3.21. The van der Waals surface area contributed by atoms with Crippen molar-refractivity contribution in [3.63, 3.8) is 0 Å². The number of halogens is 1. The smallest absolute Gasteiger partial charge is 0.0831 e. The molecule has 1 nitrogen and oxygen atoms in total. The van der Waals surface area contributed by atoms with Crippen molar-refractivity contribution in [1.29, 1.82) is 0 Å². The van der Waals surface area contributed by atoms with Crippen LogP contribution in [0, 0.1) is 0 Å². The Morgan fingerprint density at radius 1 is 1.11 bits per heavy atom. The van der Waals surface area contributed by atoms with E-state index in [0.717, 1.165) is 10.0 Å². The molecule has 1 atom stereocenters. The average Bonchev–Trinajstić information content (AvgIpc) is 2.82. The Kier molecular flexibility index (Phi) is 3.69. The number of aliphatic hydroxyl groups excluding tert-OH is 1. The van der Waals surface area contributed by atoms with Crippen LogP contribution in [0.15, 0.2) is 58.4 Å². The molecule has 1 aromatic heterocycles. The highest BCUT2D eigenvalue weighted by Gasteiger charge is 2.12. The van der Waals surface area contributed by atoms with Crippen LogP contribution in [-0.2, 0) is 6.42 Å². The summed E-state index contributed by atoms with van der Waals surface area (Å²) in [6, 6.07) is 16.2. The lowest BCUT2D eigenvalue weighted by molar-refractivity contribution is 0.179. The summed E-state index contributed by atoms with van der Waals surface area (Å²) in [5.41, 5.74) is 2.16. The highest BCUT2D eigenvalue weighted by atomic mass is 79.9. The molecule has 0 saturated heterocycles. The summed E-state index contributed by atoms with van der Waals surface area (Å²) in [6.07, 6.45) is 0.191. The topological polar surface area (TPSA) is 20.2 Å². The molecule has 1 unspecified atom stereocenters. The van der Waals surface area contributed by atoms with E-state index in [1.807, 2.05) is 36.4 Å². The molecule has 2 aromatic carbocycles. The number of hydrogen-bond donors (Lipinski definition) is 1. The van der Waals surface area contributed by atoms with Crippen LogP contribution in [0.2, 0.25) is 0 Å². The maximum absolute atomic E-state index is 10.4. The first-order valence-corrected chi connectivity index (χ1v) is 7.80. The van der Waals surface area contributed by atoms with Gasteiger partial charge in [-0.05, 0) is 40.1 Å². The van der Waals surface area contributed by atoms with Crippen LogP contribution in [0.4, 0.5) is 0 Å². The fourth-order valence-electron chi connectivity index (χ4n) is 2.23. The molecule has 0 fully saturated rings. The van der Waals surface area contributed by atoms with Gasteiger partial charge < -0.3 is 5.11 Å². The van der Waals surface area contributed by atoms with Crippen molar-refractivity contribution in [1.82, 2.24) is 0 Å². The Morgan fingerprint density at radius 3 is 2.79 bits per heavy atom. The summed E-state index contributed by atoms with van der Waals surface area (Å²) in [5, 5.41) is 13.8. The van der Waals surface area contributed by atoms with Crippen LogP contribution in [0.1, 0.15) is 17.2 Å². The van der Waals surface area contributed by atoms with E-state index in [1.54, 1.807) is 11.3 Å². The summed E-state index contributed by atoms with van der Waals surface area (Å²) >= 11 is 5.17. The Bertz CT molecular complexity index is 705. The highest BCUT2D eigenvalue weighted by Crippen LogP contribution is 2.30. The van der Waals surface area contributed by atoms with Crippen LogP contribution in [0.5, 0.6) is 0 Å². The second-order valence-electron chi connectivity index (χ2n) is 4.53. The van der Waals surface area contributed by atoms with E-state index in [-0.39, 0.29) is 0 Å². The van der Waals surface area contributed by atoms with E-state index in [0.29, 0.717) is 6.42 Å². The maximum atomic E-state index is 10.4. The van der Waals surface area contributed by atoms with Crippen LogP contribution >= 0.6 is 27.3 Å². The number of benzene rings is 2. The molecule has 0 radical (unpaired) electrons. The Balaban J connectivity index is 1.89. The third kappa shape index (κ3) is 2.73. The number of hydrogen-bond acceptors (Lipinski definition) is 2. The molecule has 0 aliphatic heterocycles. The molecular formula is C16H13BrOS. The van der Waals surface area contributed by atoms with E-state index in [2.05, 4.69) is 33.4 Å². The average molecular weight is 333 g/mol. The van der Waals surface area contributed by atoms with Crippen molar-refractivity contribution < 1.29 is 5.11 Å². The van der Waals surface area contributed by atoms with Crippen LogP contribution in [-0.4, -0.2) is 5.11 Å². The lowest BCUT2D eigenvalue weighted by Gasteiger charge is -2.11. The quantitative estimate of drug-likeness (QED) is 0.720. The first kappa shape index (κ1) is 12.9. The Morgan fingerprint density at radius 2 is 1.95 bits per heavy atom. The first-order chi connectivity index (χ1) is 9.24. The minimum Gasteiger partial charge on any atom is -0.388 e. The second-order valence-corrected chi connectivity index (χ2v) is 6.36. The lowest BCUT2D eigenvalue weighted by Crippen LogP contribution is -2.01. The second kappa shape index (κ2) is 5.45. The SMILES string of the molecule is OC(Cc1csc2ccccc12)c1cccc(Br)c1. The van der Waals surface area contributed by atoms with Crippen LogP contribution < -0.4 is 0 Å². The molecule has 0 aliphatic rings. The molecule has 0 amide bonds. The van der Waals surface area contributed by atoms with Gasteiger partial charge in [0, 0.05) is 15.6 Å². The van der Waals surface area contributed by atoms with Gasteiger partial charge in [-0.2, -0.15) is 0 Å². The lowest BCUT2D eigenvalue weighted by atomic mass is 10.0. The third-order valence-corrected chi connectivity index (χ3v) is 4.71. The number of thiophene rings is 1. The fraction of sp³-hybridized carbons (Fsp3) is 0.125. The Hall–Kier alpha value is -1.16. The van der Waals surface area contributed by atoms with Gasteiger partial charge >= 0.3 is 0 Å². The summed E-state index contributed by atoms with van der Waals surface area (Å²) in [4.78, 5) is 0. The molecule has 0 bridgehead atoms. The van der Waals surface area contributed by atoms with Gasteiger partial charge in [0.05, 0.1) is 6.10 Å². The molecule has 1 N–H and O–H groups in total. The zero-order chi connectivity index (χ0) is 13.2. The van der Waals surface area contributed by atoms with Gasteiger partial charge in [0.25, 0.3) is 0 Å². The predicted molar refractivity (Wildman–Crippen MR) is 84.6 cm³/mol. The van der Waals surface area contributed by atoms with Gasteiger partial charge in [-0.25, -0.2) is 0 Å². The van der Waals surface area contributed by atoms with Crippen molar-refractivity contribution in [3.8, 4) is 0 Å². The number of rotatable bonds is 3. The minimum atomic E-state index is -0.462. The van der Waals surface area contributed by atoms with Crippen LogP contribution in [0.25, 0.3) is 10.1 Å². The molecule has 3 heteroatoms. The summed E-state index contributed by atoms with van der Waals surface area (Å²) in [5.74, 6) is 0. The maximum Gasteiger partial charge on any atom is 0.0831 e. The van der Waals surface area contributed by atoms with Crippen molar-refractivity contribution in [2.45, 2.75) is 12.5 Å². The molecule has 3 aromatic rings. The molecule has 0 spiro atoms. The number of aliphatic hydroxyl groups is 1. The largest absolute Gasteiger partial charge is 0.388 e. The molecular weight excluding hydrogens is 320 g/mol. The van der Waals surface area contributed by atoms with Gasteiger partial charge in [0.2, 0.25) is 0 Å². The standard InChI is InChI=1S/C16H13BrOS/c17-13-5-3-4-11(8-13)15(18)9-12-10-19-16-7-2-1-6-14(12)16/h1-8,10,15,18H,9H2. The van der Waals surface area contributed by atoms with Crippen molar-refractivity contribution in [3.05, 3.63) is 69.5 Å². The molecule has 19 heavy (non-hydrogen) atoms. The van der Waals surface area contributed by atoms with Crippen molar-refractivity contribution in [2.24, 2.45) is 0 Å².